The largest absolute Gasteiger partial charge is 0.497 e. The van der Waals surface area contributed by atoms with Gasteiger partial charge in [-0.3, -0.25) is 0 Å². The highest BCUT2D eigenvalue weighted by atomic mass is 16.5. The molecule has 1 aliphatic heterocycles. The molecular formula is C17H25NO2. The first-order chi connectivity index (χ1) is 9.77. The number of ether oxygens (including phenoxy) is 2. The summed E-state index contributed by atoms with van der Waals surface area (Å²) in [7, 11) is 1.74. The van der Waals surface area contributed by atoms with Crippen LogP contribution in [0, 0.1) is 0 Å². The second-order valence-corrected chi connectivity index (χ2v) is 5.97. The zero-order valence-electron chi connectivity index (χ0n) is 12.6. The van der Waals surface area contributed by atoms with Crippen LogP contribution in [-0.4, -0.2) is 26.3 Å². The van der Waals surface area contributed by atoms with Crippen molar-refractivity contribution in [2.24, 2.45) is 0 Å². The van der Waals surface area contributed by atoms with E-state index in [9.17, 15) is 0 Å². The van der Waals surface area contributed by atoms with Gasteiger partial charge >= 0.3 is 0 Å². The second-order valence-electron chi connectivity index (χ2n) is 5.97. The quantitative estimate of drug-likeness (QED) is 0.920. The molecule has 1 N–H and O–H groups in total. The van der Waals surface area contributed by atoms with E-state index in [0.29, 0.717) is 6.04 Å². The van der Waals surface area contributed by atoms with E-state index in [1.807, 2.05) is 0 Å². The van der Waals surface area contributed by atoms with Crippen molar-refractivity contribution in [3.63, 3.8) is 0 Å². The van der Waals surface area contributed by atoms with Gasteiger partial charge in [0.05, 0.1) is 12.7 Å². The molecule has 0 saturated carbocycles. The topological polar surface area (TPSA) is 30.5 Å². The normalized spacial score (nSPS) is 29.2. The van der Waals surface area contributed by atoms with E-state index in [0.717, 1.165) is 44.6 Å². The minimum absolute atomic E-state index is 0.0901. The van der Waals surface area contributed by atoms with E-state index in [1.54, 1.807) is 7.11 Å². The van der Waals surface area contributed by atoms with Crippen molar-refractivity contribution < 1.29 is 9.47 Å². The standard InChI is InChI=1S/C17H25NO2/c1-3-18-14-8-10-20-17(12-14)9-4-5-13-6-7-15(19-2)11-16(13)17/h6-7,11,14,18H,3-5,8-10,12H2,1-2H3. The van der Waals surface area contributed by atoms with Crippen molar-refractivity contribution in [3.8, 4) is 5.75 Å². The first-order valence-corrected chi connectivity index (χ1v) is 7.82. The average molecular weight is 275 g/mol. The van der Waals surface area contributed by atoms with Gasteiger partial charge in [-0.2, -0.15) is 0 Å². The summed E-state index contributed by atoms with van der Waals surface area (Å²) in [5.74, 6) is 0.944. The summed E-state index contributed by atoms with van der Waals surface area (Å²) in [6.07, 6.45) is 5.72. The summed E-state index contributed by atoms with van der Waals surface area (Å²) in [6, 6.07) is 7.06. The third-order valence-corrected chi connectivity index (χ3v) is 4.75. The van der Waals surface area contributed by atoms with Crippen LogP contribution in [0.5, 0.6) is 5.75 Å². The molecule has 0 radical (unpaired) electrons. The van der Waals surface area contributed by atoms with Gasteiger partial charge in [0.15, 0.2) is 0 Å². The van der Waals surface area contributed by atoms with Crippen LogP contribution in [0.1, 0.15) is 43.7 Å². The molecule has 3 nitrogen and oxygen atoms in total. The van der Waals surface area contributed by atoms with Gasteiger partial charge in [0.25, 0.3) is 0 Å². The maximum atomic E-state index is 6.31. The van der Waals surface area contributed by atoms with Crippen LogP contribution in [0.3, 0.4) is 0 Å². The van der Waals surface area contributed by atoms with E-state index >= 15 is 0 Å². The van der Waals surface area contributed by atoms with E-state index in [1.165, 1.54) is 17.5 Å². The van der Waals surface area contributed by atoms with Gasteiger partial charge in [-0.25, -0.2) is 0 Å². The highest BCUT2D eigenvalue weighted by Crippen LogP contribution is 2.45. The minimum Gasteiger partial charge on any atom is -0.497 e. The molecule has 1 fully saturated rings. The Morgan fingerprint density at radius 3 is 3.15 bits per heavy atom. The molecule has 1 aromatic carbocycles. The van der Waals surface area contributed by atoms with Gasteiger partial charge in [-0.05, 0) is 61.9 Å². The Morgan fingerprint density at radius 1 is 1.45 bits per heavy atom. The van der Waals surface area contributed by atoms with Crippen molar-refractivity contribution in [2.45, 2.75) is 50.7 Å². The summed E-state index contributed by atoms with van der Waals surface area (Å²) in [5, 5.41) is 3.60. The van der Waals surface area contributed by atoms with Crippen molar-refractivity contribution in [2.75, 3.05) is 20.3 Å². The highest BCUT2D eigenvalue weighted by Gasteiger charge is 2.42. The third kappa shape index (κ3) is 2.45. The maximum absolute atomic E-state index is 6.31. The fourth-order valence-electron chi connectivity index (χ4n) is 3.80. The number of nitrogens with one attached hydrogen (secondary N) is 1. The lowest BCUT2D eigenvalue weighted by Gasteiger charge is -2.45. The number of methoxy groups -OCH3 is 1. The molecule has 2 aliphatic rings. The molecule has 3 heteroatoms. The highest BCUT2D eigenvalue weighted by molar-refractivity contribution is 5.41. The predicted octanol–water partition coefficient (Wildman–Crippen LogP) is 3.02. The van der Waals surface area contributed by atoms with Crippen LogP contribution in [0.2, 0.25) is 0 Å². The number of hydrogen-bond acceptors (Lipinski definition) is 3. The SMILES string of the molecule is CCNC1CCOC2(CCCc3ccc(OC)cc32)C1. The fourth-order valence-corrected chi connectivity index (χ4v) is 3.80. The number of aryl methyl sites for hydroxylation is 1. The van der Waals surface area contributed by atoms with Gasteiger partial charge in [0, 0.05) is 12.6 Å². The van der Waals surface area contributed by atoms with Gasteiger partial charge < -0.3 is 14.8 Å². The van der Waals surface area contributed by atoms with E-state index < -0.39 is 0 Å². The summed E-state index contributed by atoms with van der Waals surface area (Å²) >= 11 is 0. The van der Waals surface area contributed by atoms with Gasteiger partial charge in [0.1, 0.15) is 5.75 Å². The minimum atomic E-state index is -0.0901. The molecular weight excluding hydrogens is 250 g/mol. The number of rotatable bonds is 3. The van der Waals surface area contributed by atoms with Crippen LogP contribution in [0.4, 0.5) is 0 Å². The molecule has 20 heavy (non-hydrogen) atoms. The van der Waals surface area contributed by atoms with E-state index in [-0.39, 0.29) is 5.60 Å². The Labute approximate surface area is 121 Å². The summed E-state index contributed by atoms with van der Waals surface area (Å²) in [5.41, 5.74) is 2.72. The number of benzene rings is 1. The molecule has 2 unspecified atom stereocenters. The molecule has 1 spiro atoms. The Morgan fingerprint density at radius 2 is 2.35 bits per heavy atom. The van der Waals surface area contributed by atoms with Crippen LogP contribution >= 0.6 is 0 Å². The second kappa shape index (κ2) is 5.74. The molecule has 0 amide bonds. The van der Waals surface area contributed by atoms with Crippen molar-refractivity contribution in [1.29, 1.82) is 0 Å². The Kier molecular flexibility index (Phi) is 3.99. The van der Waals surface area contributed by atoms with Gasteiger partial charge in [0.2, 0.25) is 0 Å². The predicted molar refractivity (Wildman–Crippen MR) is 80.3 cm³/mol. The molecule has 1 saturated heterocycles. The number of hydrogen-bond donors (Lipinski definition) is 1. The molecule has 110 valence electrons. The van der Waals surface area contributed by atoms with Crippen LogP contribution in [0.25, 0.3) is 0 Å². The zero-order valence-corrected chi connectivity index (χ0v) is 12.6. The van der Waals surface area contributed by atoms with Crippen LogP contribution < -0.4 is 10.1 Å². The lowest BCUT2D eigenvalue weighted by Crippen LogP contribution is -2.46. The molecule has 0 bridgehead atoms. The lowest BCUT2D eigenvalue weighted by molar-refractivity contribution is -0.104. The molecule has 1 heterocycles. The zero-order chi connectivity index (χ0) is 14.0. The van der Waals surface area contributed by atoms with Crippen LogP contribution in [0.15, 0.2) is 18.2 Å². The molecule has 2 atom stereocenters. The Balaban J connectivity index is 1.94. The molecule has 1 aromatic rings. The monoisotopic (exact) mass is 275 g/mol. The molecule has 3 rings (SSSR count). The summed E-state index contributed by atoms with van der Waals surface area (Å²) < 4.78 is 11.7. The third-order valence-electron chi connectivity index (χ3n) is 4.75. The lowest BCUT2D eigenvalue weighted by atomic mass is 9.74. The first-order valence-electron chi connectivity index (χ1n) is 7.82. The van der Waals surface area contributed by atoms with Gasteiger partial charge in [-0.15, -0.1) is 0 Å². The molecule has 1 aliphatic carbocycles. The maximum Gasteiger partial charge on any atom is 0.119 e. The van der Waals surface area contributed by atoms with Crippen molar-refractivity contribution in [1.82, 2.24) is 5.32 Å². The summed E-state index contributed by atoms with van der Waals surface area (Å²) in [4.78, 5) is 0. The Bertz CT molecular complexity index is 472. The van der Waals surface area contributed by atoms with Crippen molar-refractivity contribution >= 4 is 0 Å². The van der Waals surface area contributed by atoms with E-state index in [4.69, 9.17) is 9.47 Å². The van der Waals surface area contributed by atoms with E-state index in [2.05, 4.69) is 30.4 Å². The summed E-state index contributed by atoms with van der Waals surface area (Å²) in [6.45, 7) is 4.07. The Hall–Kier alpha value is -1.06. The fraction of sp³-hybridized carbons (Fsp3) is 0.647. The van der Waals surface area contributed by atoms with Crippen LogP contribution in [-0.2, 0) is 16.8 Å². The molecule has 0 aromatic heterocycles. The average Bonchev–Trinajstić information content (AvgIpc) is 2.48. The number of fused-ring (bicyclic) bond motifs is 2. The first kappa shape index (κ1) is 13.9. The van der Waals surface area contributed by atoms with Gasteiger partial charge in [-0.1, -0.05) is 13.0 Å². The van der Waals surface area contributed by atoms with Crippen molar-refractivity contribution in [3.05, 3.63) is 29.3 Å². The smallest absolute Gasteiger partial charge is 0.119 e.